The summed E-state index contributed by atoms with van der Waals surface area (Å²) in [7, 11) is 0. The van der Waals surface area contributed by atoms with Crippen molar-refractivity contribution >= 4 is 11.9 Å². The average molecular weight is 1190 g/mol. The third-order valence-corrected chi connectivity index (χ3v) is 16.9. The van der Waals surface area contributed by atoms with Gasteiger partial charge in [-0.25, -0.2) is 0 Å². The number of aliphatic hydroxyl groups excluding tert-OH is 5. The molecular weight excluding hydrogens is 1050 g/mol. The smallest absolute Gasteiger partial charge is 0.305 e. The van der Waals surface area contributed by atoms with E-state index in [1.165, 1.54) is 250 Å². The molecule has 0 aromatic heterocycles. The Bertz CT molecular complexity index is 1530. The first-order chi connectivity index (χ1) is 41.2. The molecule has 0 bridgehead atoms. The zero-order valence-electron chi connectivity index (χ0n) is 54.6. The van der Waals surface area contributed by atoms with Crippen LogP contribution in [0.5, 0.6) is 0 Å². The minimum atomic E-state index is -1.57. The summed E-state index contributed by atoms with van der Waals surface area (Å²) in [5.74, 6) is -0.184. The van der Waals surface area contributed by atoms with Gasteiger partial charge >= 0.3 is 5.97 Å². The third-order valence-electron chi connectivity index (χ3n) is 16.9. The van der Waals surface area contributed by atoms with E-state index in [4.69, 9.17) is 14.2 Å². The molecule has 1 rings (SSSR count). The highest BCUT2D eigenvalue weighted by molar-refractivity contribution is 5.76. The minimum absolute atomic E-state index is 0.00349. The molecule has 1 aliphatic heterocycles. The van der Waals surface area contributed by atoms with Crippen molar-refractivity contribution in [3.8, 4) is 0 Å². The number of amides is 1. The Kier molecular flexibility index (Phi) is 59.0. The second kappa shape index (κ2) is 62.2. The van der Waals surface area contributed by atoms with Crippen LogP contribution in [0, 0.1) is 0 Å². The zero-order chi connectivity index (χ0) is 60.9. The lowest BCUT2D eigenvalue weighted by Crippen LogP contribution is -2.60. The van der Waals surface area contributed by atoms with Crippen molar-refractivity contribution < 1.29 is 49.3 Å². The Hall–Kier alpha value is -2.38. The van der Waals surface area contributed by atoms with E-state index >= 15 is 0 Å². The molecule has 1 amide bonds. The van der Waals surface area contributed by atoms with Crippen LogP contribution in [0.3, 0.4) is 0 Å². The number of rotatable bonds is 63. The molecule has 0 aromatic carbocycles. The number of nitrogens with one attached hydrogen (secondary N) is 1. The van der Waals surface area contributed by atoms with E-state index in [0.717, 1.165) is 64.2 Å². The molecule has 7 unspecified atom stereocenters. The normalized spacial score (nSPS) is 18.3. The Morgan fingerprint density at radius 2 is 0.798 bits per heavy atom. The lowest BCUT2D eigenvalue weighted by molar-refractivity contribution is -0.302. The number of hydrogen-bond donors (Lipinski definition) is 6. The molecule has 11 heteroatoms. The van der Waals surface area contributed by atoms with Crippen molar-refractivity contribution in [2.45, 2.75) is 384 Å². The number of ether oxygens (including phenoxy) is 3. The predicted molar refractivity (Wildman–Crippen MR) is 352 cm³/mol. The molecule has 11 nitrogen and oxygen atoms in total. The van der Waals surface area contributed by atoms with Gasteiger partial charge in [0.15, 0.2) is 6.29 Å². The standard InChI is InChI=1S/C73H135NO10/c1-3-5-7-9-11-13-14-15-34-38-41-45-49-53-57-61-69(78)82-62-58-54-50-46-42-39-36-33-31-29-27-25-23-21-19-17-16-18-20-22-24-26-28-30-32-35-37-40-44-48-52-56-60-68(77)74-65(66(76)59-55-51-47-43-12-10-8-6-4-2)64-83-73-72(81)71(80)70(79)67(63-75)84-73/h11,13,15,19,21,34,55,59,65-67,70-73,75-76,79-81H,3-10,12,14,16-18,20,22-33,35-54,56-58,60-64H2,1-2H3,(H,74,77)/b13-11-,21-19-,34-15-,59-55+. The van der Waals surface area contributed by atoms with Crippen LogP contribution in [0.4, 0.5) is 0 Å². The Morgan fingerprint density at radius 3 is 1.24 bits per heavy atom. The summed E-state index contributed by atoms with van der Waals surface area (Å²) in [6.07, 6.45) is 71.3. The first-order valence-electron chi connectivity index (χ1n) is 35.9. The Morgan fingerprint density at radius 1 is 0.440 bits per heavy atom. The van der Waals surface area contributed by atoms with E-state index in [9.17, 15) is 35.1 Å². The Balaban J connectivity index is 1.90. The van der Waals surface area contributed by atoms with Crippen LogP contribution in [0.15, 0.2) is 48.6 Å². The molecule has 1 heterocycles. The second-order valence-electron chi connectivity index (χ2n) is 24.9. The molecule has 1 fully saturated rings. The van der Waals surface area contributed by atoms with Gasteiger partial charge in [-0.2, -0.15) is 0 Å². The third kappa shape index (κ3) is 50.6. The van der Waals surface area contributed by atoms with Crippen LogP contribution in [-0.2, 0) is 23.8 Å². The van der Waals surface area contributed by atoms with Crippen molar-refractivity contribution in [3.63, 3.8) is 0 Å². The molecule has 0 radical (unpaired) electrons. The lowest BCUT2D eigenvalue weighted by Gasteiger charge is -2.40. The summed E-state index contributed by atoms with van der Waals surface area (Å²) in [6, 6.07) is -0.807. The zero-order valence-corrected chi connectivity index (χ0v) is 54.6. The number of esters is 1. The summed E-state index contributed by atoms with van der Waals surface area (Å²) >= 11 is 0. The summed E-state index contributed by atoms with van der Waals surface area (Å²) in [4.78, 5) is 25.1. The van der Waals surface area contributed by atoms with Gasteiger partial charge in [0, 0.05) is 12.8 Å². The van der Waals surface area contributed by atoms with E-state index in [-0.39, 0.29) is 18.5 Å². The average Bonchev–Trinajstić information content (AvgIpc) is 3.58. The maximum atomic E-state index is 13.0. The number of allylic oxidation sites excluding steroid dienone is 7. The van der Waals surface area contributed by atoms with E-state index in [1.54, 1.807) is 6.08 Å². The van der Waals surface area contributed by atoms with Gasteiger partial charge in [0.25, 0.3) is 0 Å². The molecule has 1 aliphatic rings. The monoisotopic (exact) mass is 1190 g/mol. The first kappa shape index (κ1) is 79.6. The van der Waals surface area contributed by atoms with E-state index in [2.05, 4.69) is 55.6 Å². The number of hydrogen-bond acceptors (Lipinski definition) is 10. The number of carbonyl (C=O) groups is 2. The van der Waals surface area contributed by atoms with Crippen LogP contribution < -0.4 is 5.32 Å². The first-order valence-corrected chi connectivity index (χ1v) is 35.9. The molecular formula is C73H135NO10. The highest BCUT2D eigenvalue weighted by Crippen LogP contribution is 2.23. The van der Waals surface area contributed by atoms with Crippen molar-refractivity contribution in [1.29, 1.82) is 0 Å². The van der Waals surface area contributed by atoms with Gasteiger partial charge in [-0.05, 0) is 89.9 Å². The Labute approximate surface area is 516 Å². The van der Waals surface area contributed by atoms with E-state index < -0.39 is 49.5 Å². The van der Waals surface area contributed by atoms with Gasteiger partial charge in [-0.3, -0.25) is 9.59 Å². The molecule has 1 saturated heterocycles. The summed E-state index contributed by atoms with van der Waals surface area (Å²) in [5, 5.41) is 54.3. The number of unbranched alkanes of at least 4 members (excludes halogenated alkanes) is 43. The quantitative estimate of drug-likeness (QED) is 0.0195. The summed E-state index contributed by atoms with van der Waals surface area (Å²) in [5.41, 5.74) is 0. The fourth-order valence-electron chi connectivity index (χ4n) is 11.2. The van der Waals surface area contributed by atoms with Crippen molar-refractivity contribution in [3.05, 3.63) is 48.6 Å². The molecule has 0 saturated carbocycles. The number of carbonyl (C=O) groups excluding carboxylic acids is 2. The lowest BCUT2D eigenvalue weighted by atomic mass is 9.99. The predicted octanol–water partition coefficient (Wildman–Crippen LogP) is 18.4. The van der Waals surface area contributed by atoms with Crippen molar-refractivity contribution in [2.24, 2.45) is 0 Å². The fraction of sp³-hybridized carbons (Fsp3) is 0.863. The van der Waals surface area contributed by atoms with Gasteiger partial charge in [0.2, 0.25) is 5.91 Å². The van der Waals surface area contributed by atoms with Gasteiger partial charge < -0.3 is 45.1 Å². The summed E-state index contributed by atoms with van der Waals surface area (Å²) < 4.78 is 16.7. The van der Waals surface area contributed by atoms with Crippen molar-refractivity contribution in [2.75, 3.05) is 19.8 Å². The molecule has 492 valence electrons. The second-order valence-corrected chi connectivity index (χ2v) is 24.9. The van der Waals surface area contributed by atoms with Crippen LogP contribution >= 0.6 is 0 Å². The van der Waals surface area contributed by atoms with Crippen LogP contribution in [0.2, 0.25) is 0 Å². The maximum Gasteiger partial charge on any atom is 0.305 e. The van der Waals surface area contributed by atoms with E-state index in [1.807, 2.05) is 6.08 Å². The molecule has 0 spiro atoms. The molecule has 84 heavy (non-hydrogen) atoms. The van der Waals surface area contributed by atoms with Gasteiger partial charge in [0.1, 0.15) is 24.4 Å². The molecule has 0 aromatic rings. The van der Waals surface area contributed by atoms with Crippen LogP contribution in [-0.4, -0.2) is 100 Å². The van der Waals surface area contributed by atoms with Crippen LogP contribution in [0.25, 0.3) is 0 Å². The highest BCUT2D eigenvalue weighted by atomic mass is 16.7. The highest BCUT2D eigenvalue weighted by Gasteiger charge is 2.44. The molecule has 0 aliphatic carbocycles. The molecule has 7 atom stereocenters. The van der Waals surface area contributed by atoms with E-state index in [0.29, 0.717) is 19.4 Å². The van der Waals surface area contributed by atoms with Gasteiger partial charge in [-0.1, -0.05) is 287 Å². The van der Waals surface area contributed by atoms with Gasteiger partial charge in [0.05, 0.1) is 32.0 Å². The van der Waals surface area contributed by atoms with Crippen LogP contribution in [0.1, 0.15) is 341 Å². The SMILES string of the molecule is CCCCC/C=C\C/C=C\CCCCCCCC(=O)OCCCCCCCCCCCCCC/C=C\CCCCCCCCCCCCCCCCCCC(=O)NC(COC1OC(CO)C(O)C(O)C1O)C(O)/C=C/CCCCCCCCC. The fourth-order valence-corrected chi connectivity index (χ4v) is 11.2. The van der Waals surface area contributed by atoms with Gasteiger partial charge in [-0.15, -0.1) is 0 Å². The van der Waals surface area contributed by atoms with Crippen molar-refractivity contribution in [1.82, 2.24) is 5.32 Å². The molecule has 6 N–H and O–H groups in total. The summed E-state index contributed by atoms with van der Waals surface area (Å²) in [6.45, 7) is 4.31. The largest absolute Gasteiger partial charge is 0.466 e. The minimum Gasteiger partial charge on any atom is -0.466 e. The topological polar surface area (TPSA) is 175 Å². The maximum absolute atomic E-state index is 13.0. The number of aliphatic hydroxyl groups is 5.